The highest BCUT2D eigenvalue weighted by atomic mass is 19.4. The second-order valence-corrected chi connectivity index (χ2v) is 8.06. The predicted molar refractivity (Wildman–Crippen MR) is 102 cm³/mol. The summed E-state index contributed by atoms with van der Waals surface area (Å²) in [5, 5.41) is 17.4. The molecule has 2 aliphatic rings. The average Bonchev–Trinajstić information content (AvgIpc) is 3.36. The lowest BCUT2D eigenvalue weighted by Crippen LogP contribution is -2.43. The molecule has 0 aliphatic carbocycles. The van der Waals surface area contributed by atoms with Gasteiger partial charge in [-0.05, 0) is 43.4 Å². The van der Waals surface area contributed by atoms with Gasteiger partial charge in [0.1, 0.15) is 0 Å². The van der Waals surface area contributed by atoms with Crippen LogP contribution in [0.15, 0.2) is 30.5 Å². The Balaban J connectivity index is 1.42. The Morgan fingerprint density at radius 2 is 2.03 bits per heavy atom. The van der Waals surface area contributed by atoms with Gasteiger partial charge < -0.3 is 14.9 Å². The molecule has 2 fully saturated rings. The van der Waals surface area contributed by atoms with E-state index in [-0.39, 0.29) is 23.4 Å². The number of carbonyl (C=O) groups is 1. The van der Waals surface area contributed by atoms with Gasteiger partial charge in [-0.15, -0.1) is 5.10 Å². The average molecular weight is 423 g/mol. The topological polar surface area (TPSA) is 74.5 Å². The first-order chi connectivity index (χ1) is 14.3. The summed E-state index contributed by atoms with van der Waals surface area (Å²) >= 11 is 0. The Morgan fingerprint density at radius 3 is 2.77 bits per heavy atom. The van der Waals surface area contributed by atoms with Crippen molar-refractivity contribution in [2.24, 2.45) is 5.92 Å². The van der Waals surface area contributed by atoms with Gasteiger partial charge >= 0.3 is 6.18 Å². The number of nitrogens with zero attached hydrogens (tertiary/aromatic N) is 5. The number of aromatic nitrogens is 3. The molecule has 4 rings (SSSR count). The lowest BCUT2D eigenvalue weighted by Gasteiger charge is -2.34. The summed E-state index contributed by atoms with van der Waals surface area (Å²) in [4.78, 5) is 16.8. The van der Waals surface area contributed by atoms with Crippen molar-refractivity contribution in [2.45, 2.75) is 31.5 Å². The molecule has 0 bridgehead atoms. The summed E-state index contributed by atoms with van der Waals surface area (Å²) in [6.07, 6.45) is -0.658. The number of aliphatic hydroxyl groups excluding tert-OH is 1. The van der Waals surface area contributed by atoms with Crippen molar-refractivity contribution in [3.63, 3.8) is 0 Å². The first-order valence-corrected chi connectivity index (χ1v) is 10.1. The van der Waals surface area contributed by atoms with Crippen LogP contribution in [0.4, 0.5) is 13.2 Å². The highest BCUT2D eigenvalue weighted by Crippen LogP contribution is 2.30. The highest BCUT2D eigenvalue weighted by molar-refractivity contribution is 5.92. The Bertz CT molecular complexity index is 901. The zero-order chi connectivity index (χ0) is 21.3. The molecule has 2 aromatic rings. The minimum absolute atomic E-state index is 0.115. The van der Waals surface area contributed by atoms with E-state index in [9.17, 15) is 23.1 Å². The summed E-state index contributed by atoms with van der Waals surface area (Å²) in [5.74, 6) is 0.0610. The number of rotatable bonds is 4. The summed E-state index contributed by atoms with van der Waals surface area (Å²) in [6.45, 7) is 3.61. The van der Waals surface area contributed by atoms with Crippen LogP contribution in [0.5, 0.6) is 0 Å². The standard InChI is InChI=1S/C20H24F3N5O2/c21-20(22,23)15-4-1-5-16(9-15)28-13-18(24-25-28)19(30)27-7-2-3-14(11-27)10-26-8-6-17(29)12-26/h1,4-5,9,13-14,17,29H,2-3,6-8,10-12H2. The molecule has 162 valence electrons. The zero-order valence-corrected chi connectivity index (χ0v) is 16.4. The molecular weight excluding hydrogens is 399 g/mol. The quantitative estimate of drug-likeness (QED) is 0.816. The van der Waals surface area contributed by atoms with Crippen LogP contribution in [0.25, 0.3) is 5.69 Å². The number of benzene rings is 1. The van der Waals surface area contributed by atoms with E-state index in [2.05, 4.69) is 15.2 Å². The third-order valence-electron chi connectivity index (χ3n) is 5.72. The number of amides is 1. The van der Waals surface area contributed by atoms with Crippen molar-refractivity contribution >= 4 is 5.91 Å². The highest BCUT2D eigenvalue weighted by Gasteiger charge is 2.31. The van der Waals surface area contributed by atoms with Crippen molar-refractivity contribution in [3.8, 4) is 5.69 Å². The number of aliphatic hydroxyl groups is 1. The summed E-state index contributed by atoms with van der Waals surface area (Å²) in [5.41, 5.74) is -0.473. The number of carbonyl (C=O) groups excluding carboxylic acids is 1. The van der Waals surface area contributed by atoms with Crippen LogP contribution in [0.1, 0.15) is 35.3 Å². The van der Waals surface area contributed by atoms with Gasteiger partial charge in [-0.3, -0.25) is 4.79 Å². The van der Waals surface area contributed by atoms with Gasteiger partial charge in [-0.2, -0.15) is 13.2 Å². The molecule has 10 heteroatoms. The molecule has 0 saturated carbocycles. The smallest absolute Gasteiger partial charge is 0.392 e. The van der Waals surface area contributed by atoms with E-state index in [0.717, 1.165) is 44.5 Å². The van der Waals surface area contributed by atoms with Crippen LogP contribution in [0.2, 0.25) is 0 Å². The van der Waals surface area contributed by atoms with Crippen molar-refractivity contribution in [1.82, 2.24) is 24.8 Å². The fourth-order valence-electron chi connectivity index (χ4n) is 4.22. The molecule has 7 nitrogen and oxygen atoms in total. The molecule has 1 N–H and O–H groups in total. The van der Waals surface area contributed by atoms with Gasteiger partial charge in [0.05, 0.1) is 23.6 Å². The Labute approximate surface area is 172 Å². The van der Waals surface area contributed by atoms with Gasteiger partial charge in [0, 0.05) is 32.7 Å². The largest absolute Gasteiger partial charge is 0.416 e. The predicted octanol–water partition coefficient (Wildman–Crippen LogP) is 2.20. The van der Waals surface area contributed by atoms with Gasteiger partial charge in [0.25, 0.3) is 5.91 Å². The van der Waals surface area contributed by atoms with Gasteiger partial charge in [-0.25, -0.2) is 4.68 Å². The van der Waals surface area contributed by atoms with E-state index >= 15 is 0 Å². The molecule has 2 unspecified atom stereocenters. The second-order valence-electron chi connectivity index (χ2n) is 8.06. The van der Waals surface area contributed by atoms with Crippen LogP contribution in [0, 0.1) is 5.92 Å². The van der Waals surface area contributed by atoms with E-state index in [1.54, 1.807) is 4.90 Å². The molecule has 3 heterocycles. The molecule has 1 amide bonds. The number of halogens is 3. The summed E-state index contributed by atoms with van der Waals surface area (Å²) < 4.78 is 40.0. The molecule has 0 spiro atoms. The first kappa shape index (κ1) is 20.8. The number of alkyl halides is 3. The van der Waals surface area contributed by atoms with Crippen LogP contribution < -0.4 is 0 Å². The second kappa shape index (κ2) is 8.35. The lowest BCUT2D eigenvalue weighted by atomic mass is 9.97. The molecule has 1 aromatic carbocycles. The van der Waals surface area contributed by atoms with Crippen molar-refractivity contribution < 1.29 is 23.1 Å². The van der Waals surface area contributed by atoms with E-state index in [1.165, 1.54) is 23.0 Å². The van der Waals surface area contributed by atoms with E-state index in [1.807, 2.05) is 0 Å². The zero-order valence-electron chi connectivity index (χ0n) is 16.4. The first-order valence-electron chi connectivity index (χ1n) is 10.1. The van der Waals surface area contributed by atoms with Crippen LogP contribution in [-0.4, -0.2) is 74.6 Å². The molecule has 30 heavy (non-hydrogen) atoms. The summed E-state index contributed by atoms with van der Waals surface area (Å²) in [7, 11) is 0. The maximum Gasteiger partial charge on any atom is 0.416 e. The fourth-order valence-corrected chi connectivity index (χ4v) is 4.22. The van der Waals surface area contributed by atoms with Crippen molar-refractivity contribution in [3.05, 3.63) is 41.7 Å². The van der Waals surface area contributed by atoms with Crippen molar-refractivity contribution in [1.29, 1.82) is 0 Å². The third-order valence-corrected chi connectivity index (χ3v) is 5.72. The SMILES string of the molecule is O=C(c1cn(-c2cccc(C(F)(F)F)c2)nn1)N1CCCC(CN2CCC(O)C2)C1. The van der Waals surface area contributed by atoms with Gasteiger partial charge in [0.15, 0.2) is 5.69 Å². The van der Waals surface area contributed by atoms with Crippen molar-refractivity contribution in [2.75, 3.05) is 32.7 Å². The van der Waals surface area contributed by atoms with Gasteiger partial charge in [-0.1, -0.05) is 11.3 Å². The molecule has 2 atom stereocenters. The van der Waals surface area contributed by atoms with Crippen LogP contribution in [-0.2, 0) is 6.18 Å². The minimum Gasteiger partial charge on any atom is -0.392 e. The Hall–Kier alpha value is -2.46. The summed E-state index contributed by atoms with van der Waals surface area (Å²) in [6, 6.07) is 4.75. The van der Waals surface area contributed by atoms with Crippen LogP contribution in [0.3, 0.4) is 0 Å². The van der Waals surface area contributed by atoms with Crippen LogP contribution >= 0.6 is 0 Å². The molecule has 2 saturated heterocycles. The van der Waals surface area contributed by atoms with Gasteiger partial charge in [0.2, 0.25) is 0 Å². The number of hydrogen-bond donors (Lipinski definition) is 1. The molecule has 1 aromatic heterocycles. The number of β-amino-alcohol motifs (C(OH)–C–C–N with tert-alkyl or cyclic N) is 1. The monoisotopic (exact) mass is 423 g/mol. The number of piperidine rings is 1. The Kier molecular flexibility index (Phi) is 5.79. The molecule has 2 aliphatic heterocycles. The third kappa shape index (κ3) is 4.65. The van der Waals surface area contributed by atoms with E-state index < -0.39 is 11.7 Å². The number of hydrogen-bond acceptors (Lipinski definition) is 5. The molecule has 0 radical (unpaired) electrons. The molecular formula is C20H24F3N5O2. The lowest BCUT2D eigenvalue weighted by molar-refractivity contribution is -0.137. The van der Waals surface area contributed by atoms with E-state index in [4.69, 9.17) is 0 Å². The fraction of sp³-hybridized carbons (Fsp3) is 0.550. The maximum atomic E-state index is 12.9. The minimum atomic E-state index is -4.45. The number of likely N-dealkylation sites (tertiary alicyclic amines) is 2. The maximum absolute atomic E-state index is 12.9. The normalized spacial score (nSPS) is 23.1. The Morgan fingerprint density at radius 1 is 1.20 bits per heavy atom. The van der Waals surface area contributed by atoms with E-state index in [0.29, 0.717) is 25.6 Å².